The maximum Gasteiger partial charge on any atom is 0.341 e. The van der Waals surface area contributed by atoms with E-state index in [1.165, 1.54) is 0 Å². The first-order valence-corrected chi connectivity index (χ1v) is 8.60. The van der Waals surface area contributed by atoms with Crippen LogP contribution in [-0.4, -0.2) is 21.0 Å². The van der Waals surface area contributed by atoms with E-state index >= 15 is 0 Å². The largest absolute Gasteiger partial charge is 0.462 e. The maximum absolute atomic E-state index is 13.6. The fourth-order valence-corrected chi connectivity index (χ4v) is 3.04. The van der Waals surface area contributed by atoms with Crippen LogP contribution in [0.2, 0.25) is 0 Å². The molecule has 1 aliphatic carbocycles. The zero-order chi connectivity index (χ0) is 14.8. The summed E-state index contributed by atoms with van der Waals surface area (Å²) in [4.78, 5) is 11.5. The Bertz CT molecular complexity index is 609. The first-order valence-electron chi connectivity index (χ1n) is 6.29. The molecule has 0 aliphatic heterocycles. The fourth-order valence-electron chi connectivity index (χ4n) is 2.26. The van der Waals surface area contributed by atoms with Gasteiger partial charge in [0.1, 0.15) is 5.82 Å². The van der Waals surface area contributed by atoms with Crippen LogP contribution in [0.3, 0.4) is 0 Å². The molecule has 0 spiro atoms. The lowest BCUT2D eigenvalue weighted by atomic mass is 10.1. The third kappa shape index (κ3) is 3.70. The predicted molar refractivity (Wildman–Crippen MR) is 71.7 cm³/mol. The minimum Gasteiger partial charge on any atom is -0.462 e. The summed E-state index contributed by atoms with van der Waals surface area (Å²) in [7, 11) is 1.16. The monoisotopic (exact) mass is 320 g/mol. The summed E-state index contributed by atoms with van der Waals surface area (Å²) >= 11 is 0. The second-order valence-corrected chi connectivity index (χ2v) is 7.39. The first-order chi connectivity index (χ1) is 9.38. The van der Waals surface area contributed by atoms with Crippen molar-refractivity contribution in [3.05, 3.63) is 29.6 Å². The number of carbonyl (C=O) groups excluding carboxylic acids is 1. The molecular weight excluding hydrogens is 307 g/mol. The van der Waals surface area contributed by atoms with Crippen molar-refractivity contribution in [2.45, 2.75) is 30.6 Å². The minimum absolute atomic E-state index is 0.232. The highest BCUT2D eigenvalue weighted by molar-refractivity contribution is 8.13. The minimum atomic E-state index is -4.01. The number of esters is 1. The normalized spacial score (nSPS) is 16.3. The molecule has 1 fully saturated rings. The standard InChI is InChI=1S/C13H14ClFO4S/c14-20(17,18)10-5-6-12(15)11(7-10)13(16)19-8-9-3-1-2-4-9/h5-7,9H,1-4,8H2. The second kappa shape index (κ2) is 6.10. The van der Waals surface area contributed by atoms with Gasteiger partial charge in [-0.05, 0) is 37.0 Å². The molecule has 0 atom stereocenters. The maximum atomic E-state index is 13.6. The Morgan fingerprint density at radius 1 is 1.35 bits per heavy atom. The van der Waals surface area contributed by atoms with E-state index in [2.05, 4.69) is 0 Å². The van der Waals surface area contributed by atoms with E-state index in [4.69, 9.17) is 15.4 Å². The Labute approximate surface area is 121 Å². The molecule has 1 aliphatic rings. The Kier molecular flexibility index (Phi) is 4.65. The van der Waals surface area contributed by atoms with Crippen molar-refractivity contribution < 1.29 is 22.3 Å². The van der Waals surface area contributed by atoms with Gasteiger partial charge >= 0.3 is 5.97 Å². The van der Waals surface area contributed by atoms with Crippen LogP contribution in [0, 0.1) is 11.7 Å². The van der Waals surface area contributed by atoms with Crippen molar-refractivity contribution >= 4 is 25.7 Å². The summed E-state index contributed by atoms with van der Waals surface area (Å²) in [6.45, 7) is 0.232. The van der Waals surface area contributed by atoms with E-state index in [1.807, 2.05) is 0 Å². The van der Waals surface area contributed by atoms with Gasteiger partial charge in [-0.1, -0.05) is 12.8 Å². The van der Waals surface area contributed by atoms with Crippen molar-refractivity contribution in [2.24, 2.45) is 5.92 Å². The topological polar surface area (TPSA) is 60.4 Å². The molecule has 0 N–H and O–H groups in total. The summed E-state index contributed by atoms with van der Waals surface area (Å²) in [5.41, 5.74) is -0.412. The van der Waals surface area contributed by atoms with E-state index in [0.29, 0.717) is 5.92 Å². The molecule has 1 aromatic carbocycles. The Balaban J connectivity index is 2.12. The number of rotatable bonds is 4. The number of benzene rings is 1. The zero-order valence-electron chi connectivity index (χ0n) is 10.6. The highest BCUT2D eigenvalue weighted by atomic mass is 35.7. The molecule has 0 unspecified atom stereocenters. The second-order valence-electron chi connectivity index (χ2n) is 4.83. The average Bonchev–Trinajstić information content (AvgIpc) is 2.88. The lowest BCUT2D eigenvalue weighted by Crippen LogP contribution is -2.14. The molecule has 0 aromatic heterocycles. The molecule has 0 radical (unpaired) electrons. The fraction of sp³-hybridized carbons (Fsp3) is 0.462. The molecule has 0 saturated heterocycles. The van der Waals surface area contributed by atoms with Gasteiger partial charge in [0.05, 0.1) is 17.1 Å². The Morgan fingerprint density at radius 2 is 2.00 bits per heavy atom. The molecule has 0 heterocycles. The van der Waals surface area contributed by atoms with Gasteiger partial charge < -0.3 is 4.74 Å². The van der Waals surface area contributed by atoms with Gasteiger partial charge in [-0.3, -0.25) is 0 Å². The van der Waals surface area contributed by atoms with Crippen molar-refractivity contribution in [3.63, 3.8) is 0 Å². The van der Waals surface area contributed by atoms with E-state index in [-0.39, 0.29) is 11.5 Å². The number of hydrogen-bond donors (Lipinski definition) is 0. The summed E-state index contributed by atoms with van der Waals surface area (Å²) in [6, 6.07) is 2.79. The van der Waals surface area contributed by atoms with Gasteiger partial charge in [-0.15, -0.1) is 0 Å². The van der Waals surface area contributed by atoms with Gasteiger partial charge in [0, 0.05) is 10.7 Å². The molecule has 1 aromatic rings. The molecule has 4 nitrogen and oxygen atoms in total. The average molecular weight is 321 g/mol. The third-order valence-electron chi connectivity index (χ3n) is 3.36. The zero-order valence-corrected chi connectivity index (χ0v) is 12.2. The van der Waals surface area contributed by atoms with Crippen LogP contribution in [0.15, 0.2) is 23.1 Å². The highest BCUT2D eigenvalue weighted by Gasteiger charge is 2.21. The molecule has 0 amide bonds. The molecule has 110 valence electrons. The number of hydrogen-bond acceptors (Lipinski definition) is 4. The molecule has 2 rings (SSSR count). The summed E-state index contributed by atoms with van der Waals surface area (Å²) in [6.07, 6.45) is 4.20. The SMILES string of the molecule is O=C(OCC1CCCC1)c1cc(S(=O)(=O)Cl)ccc1F. The Morgan fingerprint density at radius 3 is 2.60 bits per heavy atom. The first kappa shape index (κ1) is 15.3. The lowest BCUT2D eigenvalue weighted by molar-refractivity contribution is 0.0437. The van der Waals surface area contributed by atoms with E-state index in [9.17, 15) is 17.6 Å². The van der Waals surface area contributed by atoms with Crippen LogP contribution in [0.5, 0.6) is 0 Å². The molecule has 7 heteroatoms. The van der Waals surface area contributed by atoms with Crippen LogP contribution in [-0.2, 0) is 13.8 Å². The van der Waals surface area contributed by atoms with E-state index in [1.54, 1.807) is 0 Å². The van der Waals surface area contributed by atoms with Crippen molar-refractivity contribution in [2.75, 3.05) is 6.61 Å². The van der Waals surface area contributed by atoms with Crippen molar-refractivity contribution in [1.29, 1.82) is 0 Å². The van der Waals surface area contributed by atoms with Gasteiger partial charge in [0.15, 0.2) is 0 Å². The van der Waals surface area contributed by atoms with Crippen LogP contribution in [0.25, 0.3) is 0 Å². The van der Waals surface area contributed by atoms with E-state index in [0.717, 1.165) is 43.9 Å². The highest BCUT2D eigenvalue weighted by Crippen LogP contribution is 2.25. The molecule has 0 bridgehead atoms. The quantitative estimate of drug-likeness (QED) is 0.632. The summed E-state index contributed by atoms with van der Waals surface area (Å²) < 4.78 is 41.0. The van der Waals surface area contributed by atoms with Gasteiger partial charge in [0.2, 0.25) is 0 Å². The van der Waals surface area contributed by atoms with Crippen LogP contribution in [0.1, 0.15) is 36.0 Å². The molecular formula is C13H14ClFO4S. The third-order valence-corrected chi connectivity index (χ3v) is 4.72. The number of carbonyl (C=O) groups is 1. The van der Waals surface area contributed by atoms with Crippen LogP contribution >= 0.6 is 10.7 Å². The summed E-state index contributed by atoms with van der Waals surface area (Å²) in [5.74, 6) is -1.39. The van der Waals surface area contributed by atoms with Crippen molar-refractivity contribution in [1.82, 2.24) is 0 Å². The van der Waals surface area contributed by atoms with E-state index < -0.39 is 26.4 Å². The molecule has 1 saturated carbocycles. The molecule has 20 heavy (non-hydrogen) atoms. The van der Waals surface area contributed by atoms with Gasteiger partial charge in [0.25, 0.3) is 9.05 Å². The van der Waals surface area contributed by atoms with Crippen LogP contribution < -0.4 is 0 Å². The number of halogens is 2. The van der Waals surface area contributed by atoms with Crippen molar-refractivity contribution in [3.8, 4) is 0 Å². The van der Waals surface area contributed by atoms with Crippen LogP contribution in [0.4, 0.5) is 4.39 Å². The predicted octanol–water partition coefficient (Wildman–Crippen LogP) is 3.10. The summed E-state index contributed by atoms with van der Waals surface area (Å²) in [5, 5.41) is 0. The van der Waals surface area contributed by atoms with Gasteiger partial charge in [-0.25, -0.2) is 17.6 Å². The smallest absolute Gasteiger partial charge is 0.341 e. The Hall–Kier alpha value is -1.14. The lowest BCUT2D eigenvalue weighted by Gasteiger charge is -2.10. The van der Waals surface area contributed by atoms with Gasteiger partial charge in [-0.2, -0.15) is 0 Å². The number of ether oxygens (including phenoxy) is 1.